The van der Waals surface area contributed by atoms with E-state index in [1.54, 1.807) is 0 Å². The summed E-state index contributed by atoms with van der Waals surface area (Å²) in [7, 11) is 0. The van der Waals surface area contributed by atoms with Crippen molar-refractivity contribution in [1.29, 1.82) is 0 Å². The summed E-state index contributed by atoms with van der Waals surface area (Å²) in [5.74, 6) is 0.178. The van der Waals surface area contributed by atoms with Crippen LogP contribution in [-0.4, -0.2) is 29.0 Å². The average molecular weight is 284 g/mol. The van der Waals surface area contributed by atoms with Gasteiger partial charge in [-0.2, -0.15) is 11.8 Å². The Morgan fingerprint density at radius 2 is 1.84 bits per heavy atom. The second-order valence-corrected chi connectivity index (χ2v) is 7.51. The highest BCUT2D eigenvalue weighted by molar-refractivity contribution is 7.99. The van der Waals surface area contributed by atoms with E-state index in [4.69, 9.17) is 5.73 Å². The lowest BCUT2D eigenvalue weighted by Crippen LogP contribution is -2.48. The van der Waals surface area contributed by atoms with Crippen molar-refractivity contribution in [1.82, 2.24) is 5.32 Å². The van der Waals surface area contributed by atoms with Crippen molar-refractivity contribution in [2.24, 2.45) is 5.73 Å². The highest BCUT2D eigenvalue weighted by Gasteiger charge is 2.31. The van der Waals surface area contributed by atoms with Gasteiger partial charge in [0.1, 0.15) is 0 Å². The van der Waals surface area contributed by atoms with Gasteiger partial charge in [0.25, 0.3) is 0 Å². The summed E-state index contributed by atoms with van der Waals surface area (Å²) in [6, 6.07) is 0.392. The van der Waals surface area contributed by atoms with Crippen LogP contribution in [0.2, 0.25) is 0 Å². The lowest BCUT2D eigenvalue weighted by molar-refractivity contribution is -0.123. The van der Waals surface area contributed by atoms with Crippen LogP contribution in [0.3, 0.4) is 0 Å². The Bertz CT molecular complexity index is 295. The number of thioether (sulfide) groups is 1. The van der Waals surface area contributed by atoms with Crippen molar-refractivity contribution in [2.45, 2.75) is 81.0 Å². The lowest BCUT2D eigenvalue weighted by Gasteiger charge is -2.34. The molecule has 0 unspecified atom stereocenters. The molecule has 0 saturated heterocycles. The number of hydrogen-bond acceptors (Lipinski definition) is 3. The molecule has 2 rings (SSSR count). The number of rotatable bonds is 4. The monoisotopic (exact) mass is 284 g/mol. The standard InChI is InChI=1S/C15H28N2OS/c1-19-13-7-5-12(6-8-13)17-14(18)11-15(16)9-3-2-4-10-15/h12-13H,2-11,16H2,1H3,(H,17,18). The lowest BCUT2D eigenvalue weighted by atomic mass is 9.80. The molecule has 0 aromatic carbocycles. The van der Waals surface area contributed by atoms with E-state index in [9.17, 15) is 4.79 Å². The molecule has 19 heavy (non-hydrogen) atoms. The number of carbonyl (C=O) groups excluding carboxylic acids is 1. The first kappa shape index (κ1) is 15.2. The van der Waals surface area contributed by atoms with Gasteiger partial charge >= 0.3 is 0 Å². The van der Waals surface area contributed by atoms with Crippen molar-refractivity contribution in [3.8, 4) is 0 Å². The van der Waals surface area contributed by atoms with Gasteiger partial charge in [0.15, 0.2) is 0 Å². The molecule has 2 aliphatic carbocycles. The van der Waals surface area contributed by atoms with Crippen molar-refractivity contribution in [2.75, 3.05) is 6.26 Å². The van der Waals surface area contributed by atoms with Gasteiger partial charge in [-0.3, -0.25) is 4.79 Å². The Hall–Kier alpha value is -0.220. The maximum atomic E-state index is 12.1. The Morgan fingerprint density at radius 3 is 2.42 bits per heavy atom. The minimum absolute atomic E-state index is 0.178. The third-order valence-corrected chi connectivity index (χ3v) is 5.87. The molecule has 110 valence electrons. The fourth-order valence-corrected chi connectivity index (χ4v) is 4.22. The summed E-state index contributed by atoms with van der Waals surface area (Å²) in [6.07, 6.45) is 13.1. The number of nitrogens with one attached hydrogen (secondary N) is 1. The number of hydrogen-bond donors (Lipinski definition) is 2. The fraction of sp³-hybridized carbons (Fsp3) is 0.933. The SMILES string of the molecule is CSC1CCC(NC(=O)CC2(N)CCCCC2)CC1. The van der Waals surface area contributed by atoms with E-state index in [0.717, 1.165) is 30.9 Å². The van der Waals surface area contributed by atoms with Crippen LogP contribution in [-0.2, 0) is 4.79 Å². The predicted octanol–water partition coefficient (Wildman–Crippen LogP) is 2.83. The molecular formula is C15H28N2OS. The average Bonchev–Trinajstić information content (AvgIpc) is 2.39. The van der Waals surface area contributed by atoms with E-state index >= 15 is 0 Å². The smallest absolute Gasteiger partial charge is 0.222 e. The molecule has 0 bridgehead atoms. The minimum atomic E-state index is -0.223. The Morgan fingerprint density at radius 1 is 1.21 bits per heavy atom. The van der Waals surface area contributed by atoms with Gasteiger partial charge in [-0.25, -0.2) is 0 Å². The second-order valence-electron chi connectivity index (χ2n) is 6.38. The summed E-state index contributed by atoms with van der Waals surface area (Å²) >= 11 is 1.96. The first-order chi connectivity index (χ1) is 9.11. The predicted molar refractivity (Wildman–Crippen MR) is 82.3 cm³/mol. The topological polar surface area (TPSA) is 55.1 Å². The van der Waals surface area contributed by atoms with Gasteiger partial charge in [-0.1, -0.05) is 19.3 Å². The van der Waals surface area contributed by atoms with Crippen molar-refractivity contribution < 1.29 is 4.79 Å². The van der Waals surface area contributed by atoms with E-state index < -0.39 is 0 Å². The van der Waals surface area contributed by atoms with E-state index in [1.165, 1.54) is 32.1 Å². The summed E-state index contributed by atoms with van der Waals surface area (Å²) in [5, 5.41) is 4.01. The molecule has 0 aromatic rings. The summed E-state index contributed by atoms with van der Waals surface area (Å²) in [6.45, 7) is 0. The molecule has 0 spiro atoms. The van der Waals surface area contributed by atoms with E-state index in [-0.39, 0.29) is 11.4 Å². The van der Waals surface area contributed by atoms with Gasteiger partial charge in [0.2, 0.25) is 5.91 Å². The van der Waals surface area contributed by atoms with E-state index in [0.29, 0.717) is 12.5 Å². The summed E-state index contributed by atoms with van der Waals surface area (Å²) in [5.41, 5.74) is 6.12. The van der Waals surface area contributed by atoms with Crippen LogP contribution in [0.1, 0.15) is 64.2 Å². The van der Waals surface area contributed by atoms with E-state index in [2.05, 4.69) is 11.6 Å². The fourth-order valence-electron chi connectivity index (χ4n) is 3.47. The molecule has 3 N–H and O–H groups in total. The normalized spacial score (nSPS) is 30.8. The third kappa shape index (κ3) is 4.67. The van der Waals surface area contributed by atoms with Gasteiger partial charge in [0.05, 0.1) is 0 Å². The third-order valence-electron chi connectivity index (χ3n) is 4.73. The molecule has 0 atom stereocenters. The first-order valence-corrected chi connectivity index (χ1v) is 9.01. The highest BCUT2D eigenvalue weighted by atomic mass is 32.2. The second kappa shape index (κ2) is 6.98. The Labute approximate surface area is 121 Å². The molecule has 0 heterocycles. The zero-order chi connectivity index (χ0) is 13.7. The molecule has 0 aromatic heterocycles. The molecule has 3 nitrogen and oxygen atoms in total. The summed E-state index contributed by atoms with van der Waals surface area (Å²) < 4.78 is 0. The highest BCUT2D eigenvalue weighted by Crippen LogP contribution is 2.30. The minimum Gasteiger partial charge on any atom is -0.353 e. The van der Waals surface area contributed by atoms with Crippen molar-refractivity contribution >= 4 is 17.7 Å². The maximum absolute atomic E-state index is 12.1. The molecule has 0 radical (unpaired) electrons. The van der Waals surface area contributed by atoms with Crippen molar-refractivity contribution in [3.05, 3.63) is 0 Å². The number of carbonyl (C=O) groups is 1. The van der Waals surface area contributed by atoms with Crippen LogP contribution in [0.15, 0.2) is 0 Å². The van der Waals surface area contributed by atoms with E-state index in [1.807, 2.05) is 11.8 Å². The maximum Gasteiger partial charge on any atom is 0.222 e. The molecule has 2 saturated carbocycles. The van der Waals surface area contributed by atoms with Crippen molar-refractivity contribution in [3.63, 3.8) is 0 Å². The molecule has 0 aliphatic heterocycles. The molecule has 2 aliphatic rings. The number of nitrogens with two attached hydrogens (primary N) is 1. The largest absolute Gasteiger partial charge is 0.353 e. The Kier molecular flexibility index (Phi) is 5.58. The quantitative estimate of drug-likeness (QED) is 0.834. The van der Waals surface area contributed by atoms with Gasteiger partial charge in [0, 0.05) is 23.3 Å². The zero-order valence-corrected chi connectivity index (χ0v) is 12.9. The van der Waals surface area contributed by atoms with Gasteiger partial charge < -0.3 is 11.1 Å². The van der Waals surface area contributed by atoms with Crippen LogP contribution in [0.4, 0.5) is 0 Å². The van der Waals surface area contributed by atoms with Gasteiger partial charge in [-0.15, -0.1) is 0 Å². The van der Waals surface area contributed by atoms with Crippen LogP contribution < -0.4 is 11.1 Å². The first-order valence-electron chi connectivity index (χ1n) is 7.72. The molecule has 2 fully saturated rings. The van der Waals surface area contributed by atoms with Gasteiger partial charge in [-0.05, 0) is 44.8 Å². The summed E-state index contributed by atoms with van der Waals surface area (Å²) in [4.78, 5) is 12.1. The Balaban J connectivity index is 1.72. The van der Waals surface area contributed by atoms with Crippen LogP contribution in [0.25, 0.3) is 0 Å². The van der Waals surface area contributed by atoms with Crippen LogP contribution in [0.5, 0.6) is 0 Å². The molecule has 4 heteroatoms. The molecule has 1 amide bonds. The zero-order valence-electron chi connectivity index (χ0n) is 12.1. The van der Waals surface area contributed by atoms with Crippen LogP contribution >= 0.6 is 11.8 Å². The van der Waals surface area contributed by atoms with Crippen LogP contribution in [0, 0.1) is 0 Å². The number of amides is 1. The molecular weight excluding hydrogens is 256 g/mol.